The Hall–Kier alpha value is -0.0800. The predicted molar refractivity (Wildman–Crippen MR) is 39.9 cm³/mol. The lowest BCUT2D eigenvalue weighted by molar-refractivity contribution is 0.0627. The average molecular weight is 144 g/mol. The second-order valence-corrected chi connectivity index (χ2v) is 3.55. The van der Waals surface area contributed by atoms with E-state index in [1.807, 2.05) is 0 Å². The fourth-order valence-electron chi connectivity index (χ4n) is 1.88. The highest BCUT2D eigenvalue weighted by Crippen LogP contribution is 2.33. The Bertz CT molecular complexity index is 124. The third-order valence-electron chi connectivity index (χ3n) is 2.55. The van der Waals surface area contributed by atoms with Crippen molar-refractivity contribution in [2.45, 2.75) is 26.1 Å². The predicted octanol–water partition coefficient (Wildman–Crippen LogP) is 1.30. The first-order valence-corrected chi connectivity index (χ1v) is 4.02. The zero-order valence-electron chi connectivity index (χ0n) is 6.54. The molecule has 10 heavy (non-hydrogen) atoms. The summed E-state index contributed by atoms with van der Waals surface area (Å²) in [7, 11) is 0. The van der Waals surface area contributed by atoms with Crippen LogP contribution >= 0.6 is 0 Å². The van der Waals surface area contributed by atoms with E-state index in [-0.39, 0.29) is 1.43 Å². The van der Waals surface area contributed by atoms with Crippen LogP contribution in [-0.4, -0.2) is 25.4 Å². The Labute approximate surface area is 63.0 Å². The van der Waals surface area contributed by atoms with Crippen LogP contribution < -0.4 is 0 Å². The van der Waals surface area contributed by atoms with Crippen LogP contribution in [0.25, 0.3) is 0 Å². The molecule has 2 rings (SSSR count). The van der Waals surface area contributed by atoms with Gasteiger partial charge >= 0.3 is 0 Å². The fraction of sp³-hybridized carbons (Fsp3) is 1.00. The zero-order valence-corrected chi connectivity index (χ0v) is 6.54. The first-order valence-electron chi connectivity index (χ1n) is 4.02. The Morgan fingerprint density at radius 2 is 1.40 bits per heavy atom. The quantitative estimate of drug-likeness (QED) is 0.510. The van der Waals surface area contributed by atoms with Crippen LogP contribution in [-0.2, 0) is 9.47 Å². The van der Waals surface area contributed by atoms with Crippen LogP contribution in [0.15, 0.2) is 0 Å². The molecule has 0 N–H and O–H groups in total. The highest BCUT2D eigenvalue weighted by Gasteiger charge is 2.43. The molecule has 60 valence electrons. The summed E-state index contributed by atoms with van der Waals surface area (Å²) in [5, 5.41) is 0. The molecule has 2 heterocycles. The molecule has 2 heteroatoms. The fourth-order valence-corrected chi connectivity index (χ4v) is 1.88. The van der Waals surface area contributed by atoms with Gasteiger partial charge in [-0.3, -0.25) is 0 Å². The van der Waals surface area contributed by atoms with Crippen molar-refractivity contribution >= 4 is 0 Å². The summed E-state index contributed by atoms with van der Waals surface area (Å²) in [6, 6.07) is 0. The summed E-state index contributed by atoms with van der Waals surface area (Å²) in [5.41, 5.74) is 0. The molecule has 0 aromatic heterocycles. The molecule has 0 saturated carbocycles. The second kappa shape index (κ2) is 2.21. The van der Waals surface area contributed by atoms with Gasteiger partial charge in [0.05, 0.1) is 25.4 Å². The lowest BCUT2D eigenvalue weighted by Crippen LogP contribution is -2.23. The van der Waals surface area contributed by atoms with Gasteiger partial charge in [-0.25, -0.2) is 0 Å². The van der Waals surface area contributed by atoms with Gasteiger partial charge < -0.3 is 9.47 Å². The van der Waals surface area contributed by atoms with Crippen LogP contribution in [0.1, 0.15) is 15.3 Å². The minimum Gasteiger partial charge on any atom is -0.375 e. The molecule has 1 unspecified atom stereocenters. The van der Waals surface area contributed by atoms with Crippen LogP contribution in [0.3, 0.4) is 0 Å². The van der Waals surface area contributed by atoms with Gasteiger partial charge in [-0.1, -0.05) is 13.8 Å². The largest absolute Gasteiger partial charge is 0.375 e. The van der Waals surface area contributed by atoms with Gasteiger partial charge in [0.25, 0.3) is 0 Å². The van der Waals surface area contributed by atoms with Gasteiger partial charge in [-0.2, -0.15) is 0 Å². The number of hydrogen-bond donors (Lipinski definition) is 0. The van der Waals surface area contributed by atoms with Gasteiger partial charge in [-0.05, 0) is 0 Å². The van der Waals surface area contributed by atoms with E-state index in [4.69, 9.17) is 9.47 Å². The van der Waals surface area contributed by atoms with Crippen molar-refractivity contribution < 1.29 is 10.9 Å². The van der Waals surface area contributed by atoms with Crippen molar-refractivity contribution in [3.8, 4) is 0 Å². The van der Waals surface area contributed by atoms with E-state index in [1.165, 1.54) is 0 Å². The monoisotopic (exact) mass is 144 g/mol. The first-order chi connectivity index (χ1) is 4.79. The lowest BCUT2D eigenvalue weighted by Gasteiger charge is -2.10. The van der Waals surface area contributed by atoms with Crippen LogP contribution in [0.5, 0.6) is 0 Å². The topological polar surface area (TPSA) is 18.5 Å². The Balaban J connectivity index is 0.000000605. The van der Waals surface area contributed by atoms with E-state index in [1.54, 1.807) is 0 Å². The third kappa shape index (κ3) is 0.789. The van der Waals surface area contributed by atoms with E-state index < -0.39 is 0 Å². The van der Waals surface area contributed by atoms with E-state index in [2.05, 4.69) is 13.8 Å². The molecule has 0 spiro atoms. The van der Waals surface area contributed by atoms with Crippen molar-refractivity contribution in [3.05, 3.63) is 0 Å². The average Bonchev–Trinajstić information content (AvgIpc) is 2.41. The number of fused-ring (bicyclic) bond motifs is 1. The van der Waals surface area contributed by atoms with Crippen molar-refractivity contribution in [2.24, 2.45) is 11.8 Å². The molecule has 0 aliphatic carbocycles. The summed E-state index contributed by atoms with van der Waals surface area (Å²) >= 11 is 0. The van der Waals surface area contributed by atoms with Crippen LogP contribution in [0.2, 0.25) is 0 Å². The molecule has 2 aliphatic heterocycles. The molecule has 2 fully saturated rings. The maximum absolute atomic E-state index is 5.58. The Kier molecular flexibility index (Phi) is 1.46. The zero-order chi connectivity index (χ0) is 7.14. The highest BCUT2D eigenvalue weighted by atomic mass is 16.6. The smallest absolute Gasteiger partial charge is 0.0887 e. The van der Waals surface area contributed by atoms with Gasteiger partial charge in [0, 0.05) is 13.3 Å². The van der Waals surface area contributed by atoms with Gasteiger partial charge in [0.1, 0.15) is 0 Å². The molecular formula is C8H16O2. The number of rotatable bonds is 0. The molecule has 4 atom stereocenters. The van der Waals surface area contributed by atoms with E-state index in [0.29, 0.717) is 24.0 Å². The van der Waals surface area contributed by atoms with Crippen molar-refractivity contribution in [3.63, 3.8) is 0 Å². The molecule has 2 nitrogen and oxygen atoms in total. The van der Waals surface area contributed by atoms with E-state index in [9.17, 15) is 0 Å². The maximum Gasteiger partial charge on any atom is 0.0887 e. The van der Waals surface area contributed by atoms with Crippen LogP contribution in [0, 0.1) is 11.8 Å². The summed E-state index contributed by atoms with van der Waals surface area (Å²) in [6.45, 7) is 6.17. The standard InChI is InChI=1S/C8H14O2.H2/c1-5-3-9-8-6(2)4-10-7(5)8;/h5-8H,3-4H2,1-2H3;1H/t5-,6-,7-,8?;/m1./s1. The Morgan fingerprint density at radius 1 is 1.00 bits per heavy atom. The van der Waals surface area contributed by atoms with Crippen molar-refractivity contribution in [1.82, 2.24) is 0 Å². The summed E-state index contributed by atoms with van der Waals surface area (Å²) in [4.78, 5) is 0. The second-order valence-electron chi connectivity index (χ2n) is 3.55. The molecular weight excluding hydrogens is 128 g/mol. The van der Waals surface area contributed by atoms with E-state index in [0.717, 1.165) is 13.2 Å². The molecule has 0 bridgehead atoms. The maximum atomic E-state index is 5.58. The van der Waals surface area contributed by atoms with Gasteiger partial charge in [0.2, 0.25) is 0 Å². The number of hydrogen-bond acceptors (Lipinski definition) is 2. The van der Waals surface area contributed by atoms with Crippen LogP contribution in [0.4, 0.5) is 0 Å². The SMILES string of the molecule is C[C@@H]1CO[C@H]2C1OC[C@H]2C.[HH]. The van der Waals surface area contributed by atoms with Gasteiger partial charge in [-0.15, -0.1) is 0 Å². The molecule has 0 aromatic carbocycles. The third-order valence-corrected chi connectivity index (χ3v) is 2.55. The minimum atomic E-state index is 0. The normalized spacial score (nSPS) is 53.4. The molecule has 0 aromatic rings. The summed E-state index contributed by atoms with van der Waals surface area (Å²) in [5.74, 6) is 1.21. The van der Waals surface area contributed by atoms with E-state index >= 15 is 0 Å². The highest BCUT2D eigenvalue weighted by molar-refractivity contribution is 4.90. The molecule has 2 saturated heterocycles. The van der Waals surface area contributed by atoms with Crippen molar-refractivity contribution in [1.29, 1.82) is 0 Å². The number of ether oxygens (including phenoxy) is 2. The molecule has 0 amide bonds. The summed E-state index contributed by atoms with van der Waals surface area (Å²) < 4.78 is 11.2. The first kappa shape index (κ1) is 6.62. The minimum absolute atomic E-state index is 0. The summed E-state index contributed by atoms with van der Waals surface area (Å²) in [6.07, 6.45) is 0.796. The lowest BCUT2D eigenvalue weighted by atomic mass is 9.99. The Morgan fingerprint density at radius 3 is 1.80 bits per heavy atom. The molecule has 0 radical (unpaired) electrons. The molecule has 2 aliphatic rings. The van der Waals surface area contributed by atoms with Crippen molar-refractivity contribution in [2.75, 3.05) is 13.2 Å². The van der Waals surface area contributed by atoms with Gasteiger partial charge in [0.15, 0.2) is 0 Å².